The number of fused-ring (bicyclic) bond motifs is 1. The Morgan fingerprint density at radius 3 is 2.68 bits per heavy atom. The first-order valence-corrected chi connectivity index (χ1v) is 8.13. The number of carbonyl (C=O) groups is 1. The average Bonchev–Trinajstić information content (AvgIpc) is 2.95. The van der Waals surface area contributed by atoms with Crippen molar-refractivity contribution < 1.29 is 14.6 Å². The maximum atomic E-state index is 11.9. The molecule has 2 aromatic carbocycles. The van der Waals surface area contributed by atoms with Crippen LogP contribution in [-0.2, 0) is 11.2 Å². The Kier molecular flexibility index (Phi) is 5.09. The first kappa shape index (κ1) is 16.7. The number of amides is 1. The van der Waals surface area contributed by atoms with Gasteiger partial charge in [-0.1, -0.05) is 43.7 Å². The number of hydrogen-bond donors (Lipinski definition) is 2. The molecule has 0 saturated carbocycles. The lowest BCUT2D eigenvalue weighted by Gasteiger charge is -2.04. The van der Waals surface area contributed by atoms with Crippen LogP contribution in [-0.4, -0.2) is 22.6 Å². The van der Waals surface area contributed by atoms with Crippen molar-refractivity contribution in [3.8, 4) is 11.6 Å². The van der Waals surface area contributed by atoms with E-state index in [4.69, 9.17) is 4.74 Å². The SMILES string of the molecule is CCCc1ccc(OCC(=O)N=Nc2c(O)[nH]c3ccccc23)cc1. The van der Waals surface area contributed by atoms with Gasteiger partial charge < -0.3 is 14.8 Å². The van der Waals surface area contributed by atoms with Crippen LogP contribution in [0.25, 0.3) is 10.9 Å². The van der Waals surface area contributed by atoms with Gasteiger partial charge in [0.05, 0.1) is 5.52 Å². The minimum absolute atomic E-state index is 0.120. The summed E-state index contributed by atoms with van der Waals surface area (Å²) in [4.78, 5) is 14.6. The summed E-state index contributed by atoms with van der Waals surface area (Å²) in [6.45, 7) is 1.92. The number of aromatic hydroxyl groups is 1. The smallest absolute Gasteiger partial charge is 0.302 e. The monoisotopic (exact) mass is 337 g/mol. The lowest BCUT2D eigenvalue weighted by Crippen LogP contribution is -2.07. The van der Waals surface area contributed by atoms with Gasteiger partial charge in [-0.25, -0.2) is 0 Å². The molecule has 0 radical (unpaired) electrons. The largest absolute Gasteiger partial charge is 0.493 e. The molecular weight excluding hydrogens is 318 g/mol. The summed E-state index contributed by atoms with van der Waals surface area (Å²) < 4.78 is 5.41. The molecule has 0 fully saturated rings. The van der Waals surface area contributed by atoms with Crippen molar-refractivity contribution in [3.63, 3.8) is 0 Å². The fourth-order valence-electron chi connectivity index (χ4n) is 2.53. The summed E-state index contributed by atoms with van der Waals surface area (Å²) in [7, 11) is 0. The second kappa shape index (κ2) is 7.61. The van der Waals surface area contributed by atoms with Crippen LogP contribution in [0.1, 0.15) is 18.9 Å². The highest BCUT2D eigenvalue weighted by Crippen LogP contribution is 2.35. The zero-order valence-electron chi connectivity index (χ0n) is 13.9. The molecule has 6 heteroatoms. The van der Waals surface area contributed by atoms with E-state index in [1.54, 1.807) is 12.1 Å². The van der Waals surface area contributed by atoms with Crippen LogP contribution < -0.4 is 4.74 Å². The van der Waals surface area contributed by atoms with Gasteiger partial charge in [0.2, 0.25) is 5.88 Å². The molecule has 0 aliphatic carbocycles. The molecule has 25 heavy (non-hydrogen) atoms. The van der Waals surface area contributed by atoms with Crippen LogP contribution in [0.5, 0.6) is 11.6 Å². The van der Waals surface area contributed by atoms with Crippen molar-refractivity contribution in [2.24, 2.45) is 10.2 Å². The number of ether oxygens (including phenoxy) is 1. The van der Waals surface area contributed by atoms with Crippen molar-refractivity contribution in [1.82, 2.24) is 4.98 Å². The number of benzene rings is 2. The van der Waals surface area contributed by atoms with E-state index in [1.165, 1.54) is 5.56 Å². The number of carbonyl (C=O) groups excluding carboxylic acids is 1. The fourth-order valence-corrected chi connectivity index (χ4v) is 2.53. The van der Waals surface area contributed by atoms with Crippen LogP contribution in [0, 0.1) is 0 Å². The zero-order chi connectivity index (χ0) is 17.6. The molecule has 0 aliphatic rings. The number of aryl methyl sites for hydroxylation is 1. The van der Waals surface area contributed by atoms with E-state index in [0.29, 0.717) is 11.1 Å². The molecule has 1 amide bonds. The topological polar surface area (TPSA) is 87.0 Å². The minimum atomic E-state index is -0.526. The number of H-pyrrole nitrogens is 1. The Balaban J connectivity index is 1.62. The van der Waals surface area contributed by atoms with E-state index in [9.17, 15) is 9.90 Å². The van der Waals surface area contributed by atoms with Crippen molar-refractivity contribution in [2.45, 2.75) is 19.8 Å². The third-order valence-electron chi connectivity index (χ3n) is 3.75. The zero-order valence-corrected chi connectivity index (χ0v) is 13.9. The van der Waals surface area contributed by atoms with Crippen LogP contribution in [0.3, 0.4) is 0 Å². The van der Waals surface area contributed by atoms with Crippen molar-refractivity contribution >= 4 is 22.5 Å². The van der Waals surface area contributed by atoms with Crippen LogP contribution >= 0.6 is 0 Å². The molecule has 1 aromatic heterocycles. The van der Waals surface area contributed by atoms with Crippen molar-refractivity contribution in [2.75, 3.05) is 6.61 Å². The van der Waals surface area contributed by atoms with Gasteiger partial charge in [0.1, 0.15) is 5.75 Å². The quantitative estimate of drug-likeness (QED) is 0.648. The standard InChI is InChI=1S/C19H19N3O3/c1-2-5-13-8-10-14(11-9-13)25-12-17(23)21-22-18-15-6-3-4-7-16(15)20-19(18)24/h3-4,6-11,20,24H,2,5,12H2,1H3. The second-order valence-corrected chi connectivity index (χ2v) is 5.64. The number of aromatic nitrogens is 1. The highest BCUT2D eigenvalue weighted by molar-refractivity contribution is 5.94. The van der Waals surface area contributed by atoms with E-state index >= 15 is 0 Å². The van der Waals surface area contributed by atoms with Gasteiger partial charge in [-0.2, -0.15) is 0 Å². The van der Waals surface area contributed by atoms with E-state index in [1.807, 2.05) is 36.4 Å². The van der Waals surface area contributed by atoms with Crippen LogP contribution in [0.4, 0.5) is 5.69 Å². The highest BCUT2D eigenvalue weighted by Gasteiger charge is 2.10. The Morgan fingerprint density at radius 1 is 1.16 bits per heavy atom. The average molecular weight is 337 g/mol. The molecule has 3 rings (SSSR count). The maximum absolute atomic E-state index is 11.9. The molecule has 3 aromatic rings. The van der Waals surface area contributed by atoms with Crippen LogP contribution in [0.2, 0.25) is 0 Å². The number of para-hydroxylation sites is 1. The third kappa shape index (κ3) is 4.03. The molecule has 0 saturated heterocycles. The Hall–Kier alpha value is -3.15. The van der Waals surface area contributed by atoms with E-state index in [0.717, 1.165) is 18.4 Å². The van der Waals surface area contributed by atoms with E-state index in [-0.39, 0.29) is 18.2 Å². The third-order valence-corrected chi connectivity index (χ3v) is 3.75. The Labute approximate surface area is 145 Å². The number of hydrogen-bond acceptors (Lipinski definition) is 4. The Bertz CT molecular complexity index is 898. The summed E-state index contributed by atoms with van der Waals surface area (Å²) in [5.74, 6) is -0.0363. The first-order valence-electron chi connectivity index (χ1n) is 8.13. The van der Waals surface area contributed by atoms with Gasteiger partial charge in [-0.15, -0.1) is 10.2 Å². The molecule has 0 unspecified atom stereocenters. The number of rotatable bonds is 6. The first-order chi connectivity index (χ1) is 12.2. The van der Waals surface area contributed by atoms with Gasteiger partial charge >= 0.3 is 5.91 Å². The Morgan fingerprint density at radius 2 is 1.92 bits per heavy atom. The van der Waals surface area contributed by atoms with Gasteiger partial charge in [0, 0.05) is 5.39 Å². The lowest BCUT2D eigenvalue weighted by atomic mass is 10.1. The van der Waals surface area contributed by atoms with Gasteiger partial charge in [0.25, 0.3) is 0 Å². The summed E-state index contributed by atoms with van der Waals surface area (Å²) in [5, 5.41) is 18.1. The van der Waals surface area contributed by atoms with Gasteiger partial charge in [0.15, 0.2) is 12.3 Å². The van der Waals surface area contributed by atoms with Gasteiger partial charge in [-0.3, -0.25) is 4.79 Å². The predicted molar refractivity (Wildman–Crippen MR) is 95.4 cm³/mol. The number of nitrogens with one attached hydrogen (secondary N) is 1. The predicted octanol–water partition coefficient (Wildman–Crippen LogP) is 4.52. The van der Waals surface area contributed by atoms with Gasteiger partial charge in [-0.05, 0) is 30.2 Å². The summed E-state index contributed by atoms with van der Waals surface area (Å²) in [6.07, 6.45) is 2.10. The number of nitrogens with zero attached hydrogens (tertiary/aromatic N) is 2. The molecule has 128 valence electrons. The van der Waals surface area contributed by atoms with Crippen molar-refractivity contribution in [3.05, 3.63) is 54.1 Å². The molecular formula is C19H19N3O3. The number of aromatic amines is 1. The molecule has 0 atom stereocenters. The summed E-state index contributed by atoms with van der Waals surface area (Å²) in [5.41, 5.74) is 2.20. The highest BCUT2D eigenvalue weighted by atomic mass is 16.5. The van der Waals surface area contributed by atoms with E-state index in [2.05, 4.69) is 22.1 Å². The molecule has 1 heterocycles. The fraction of sp³-hybridized carbons (Fsp3) is 0.211. The van der Waals surface area contributed by atoms with Crippen molar-refractivity contribution in [1.29, 1.82) is 0 Å². The summed E-state index contributed by atoms with van der Waals surface area (Å²) >= 11 is 0. The molecule has 0 bridgehead atoms. The molecule has 6 nitrogen and oxygen atoms in total. The molecule has 2 N–H and O–H groups in total. The van der Waals surface area contributed by atoms with E-state index < -0.39 is 5.91 Å². The number of azo groups is 1. The normalized spacial score (nSPS) is 11.2. The second-order valence-electron chi connectivity index (χ2n) is 5.64. The maximum Gasteiger partial charge on any atom is 0.302 e. The lowest BCUT2D eigenvalue weighted by molar-refractivity contribution is -0.120. The van der Waals surface area contributed by atoms with Crippen LogP contribution in [0.15, 0.2) is 58.8 Å². The molecule has 0 spiro atoms. The summed E-state index contributed by atoms with van der Waals surface area (Å²) in [6, 6.07) is 14.9. The minimum Gasteiger partial charge on any atom is -0.493 e. The molecule has 0 aliphatic heterocycles.